The Hall–Kier alpha value is -2.37. The van der Waals surface area contributed by atoms with E-state index in [9.17, 15) is 4.39 Å². The quantitative estimate of drug-likeness (QED) is 0.885. The maximum atomic E-state index is 12.9. The number of hydrogen-bond donors (Lipinski definition) is 2. The lowest BCUT2D eigenvalue weighted by molar-refractivity contribution is 0.234. The van der Waals surface area contributed by atoms with Crippen LogP contribution in [0.3, 0.4) is 0 Å². The lowest BCUT2D eigenvalue weighted by Gasteiger charge is -2.18. The zero-order chi connectivity index (χ0) is 15.4. The van der Waals surface area contributed by atoms with E-state index in [1.165, 1.54) is 18.5 Å². The summed E-state index contributed by atoms with van der Waals surface area (Å²) in [5.41, 5.74) is 7.30. The Morgan fingerprint density at radius 2 is 1.81 bits per heavy atom. The maximum absolute atomic E-state index is 12.9. The van der Waals surface area contributed by atoms with E-state index >= 15 is 0 Å². The highest BCUT2D eigenvalue weighted by atomic mass is 19.1. The Balaban J connectivity index is 2.17. The number of nitrogens with two attached hydrogens (primary N) is 1. The summed E-state index contributed by atoms with van der Waals surface area (Å²) in [5.74, 6) is 0.589. The van der Waals surface area contributed by atoms with E-state index in [-0.39, 0.29) is 18.0 Å². The second kappa shape index (κ2) is 6.39. The average molecular weight is 290 g/mol. The predicted octanol–water partition coefficient (Wildman–Crippen LogP) is 3.16. The molecule has 0 spiro atoms. The third-order valence-electron chi connectivity index (χ3n) is 2.92. The van der Waals surface area contributed by atoms with E-state index < -0.39 is 0 Å². The molecule has 5 nitrogen and oxygen atoms in total. The average Bonchev–Trinajstić information content (AvgIpc) is 2.43. The number of nitrogen functional groups attached to an aromatic ring is 1. The van der Waals surface area contributed by atoms with Crippen LogP contribution in [0.4, 0.5) is 15.9 Å². The number of halogens is 1. The van der Waals surface area contributed by atoms with Gasteiger partial charge in [0.1, 0.15) is 17.8 Å². The van der Waals surface area contributed by atoms with Gasteiger partial charge in [0.05, 0.1) is 12.1 Å². The van der Waals surface area contributed by atoms with Gasteiger partial charge in [-0.2, -0.15) is 4.98 Å². The van der Waals surface area contributed by atoms with Crippen LogP contribution in [-0.2, 0) is 0 Å². The molecule has 1 atom stereocenters. The molecule has 0 fully saturated rings. The van der Waals surface area contributed by atoms with Crippen molar-refractivity contribution in [3.05, 3.63) is 42.0 Å². The minimum absolute atomic E-state index is 0.0235. The molecule has 1 unspecified atom stereocenters. The lowest BCUT2D eigenvalue weighted by atomic mass is 10.1. The Bertz CT molecular complexity index is 601. The lowest BCUT2D eigenvalue weighted by Crippen LogP contribution is -2.13. The Morgan fingerprint density at radius 3 is 2.43 bits per heavy atom. The van der Waals surface area contributed by atoms with Gasteiger partial charge in [-0.15, -0.1) is 0 Å². The van der Waals surface area contributed by atoms with E-state index in [2.05, 4.69) is 15.3 Å². The zero-order valence-electron chi connectivity index (χ0n) is 12.3. The Morgan fingerprint density at radius 1 is 1.14 bits per heavy atom. The first-order valence-corrected chi connectivity index (χ1v) is 6.76. The Labute approximate surface area is 123 Å². The fraction of sp³-hybridized carbons (Fsp3) is 0.333. The minimum atomic E-state index is -0.264. The third-order valence-corrected chi connectivity index (χ3v) is 2.92. The Kier molecular flexibility index (Phi) is 4.57. The molecule has 0 bridgehead atoms. The smallest absolute Gasteiger partial charge is 0.242 e. The van der Waals surface area contributed by atoms with Crippen LogP contribution in [-0.4, -0.2) is 16.1 Å². The van der Waals surface area contributed by atoms with Crippen molar-refractivity contribution in [3.8, 4) is 5.88 Å². The molecule has 0 radical (unpaired) electrons. The second-order valence-corrected chi connectivity index (χ2v) is 5.03. The highest BCUT2D eigenvalue weighted by Crippen LogP contribution is 2.28. The van der Waals surface area contributed by atoms with Gasteiger partial charge in [-0.3, -0.25) is 0 Å². The molecule has 112 valence electrons. The first kappa shape index (κ1) is 15.0. The summed E-state index contributed by atoms with van der Waals surface area (Å²) in [6.45, 7) is 5.74. The number of ether oxygens (including phenoxy) is 1. The number of rotatable bonds is 5. The van der Waals surface area contributed by atoms with Crippen molar-refractivity contribution in [2.24, 2.45) is 0 Å². The van der Waals surface area contributed by atoms with Gasteiger partial charge in [-0.05, 0) is 38.5 Å². The van der Waals surface area contributed by atoms with Crippen LogP contribution < -0.4 is 15.8 Å². The molecule has 0 aliphatic rings. The molecule has 0 aliphatic carbocycles. The van der Waals surface area contributed by atoms with Crippen molar-refractivity contribution >= 4 is 11.5 Å². The van der Waals surface area contributed by atoms with E-state index in [1.807, 2.05) is 20.8 Å². The van der Waals surface area contributed by atoms with Crippen LogP contribution in [0.1, 0.15) is 32.4 Å². The van der Waals surface area contributed by atoms with Gasteiger partial charge < -0.3 is 15.8 Å². The number of nitrogens with zero attached hydrogens (tertiary/aromatic N) is 2. The number of aromatic nitrogens is 2. The van der Waals surface area contributed by atoms with E-state index in [1.54, 1.807) is 12.1 Å². The van der Waals surface area contributed by atoms with Crippen molar-refractivity contribution in [1.29, 1.82) is 0 Å². The van der Waals surface area contributed by atoms with Crippen molar-refractivity contribution in [1.82, 2.24) is 9.97 Å². The molecule has 21 heavy (non-hydrogen) atoms. The molecule has 0 amide bonds. The summed E-state index contributed by atoms with van der Waals surface area (Å²) < 4.78 is 18.5. The summed E-state index contributed by atoms with van der Waals surface area (Å²) >= 11 is 0. The van der Waals surface area contributed by atoms with Crippen LogP contribution in [0.15, 0.2) is 30.6 Å². The van der Waals surface area contributed by atoms with Crippen molar-refractivity contribution in [2.75, 3.05) is 11.1 Å². The SMILES string of the molecule is CC(C)Oc1ncnc(NC(C)c2ccc(F)cc2)c1N. The maximum Gasteiger partial charge on any atom is 0.242 e. The molecule has 0 saturated carbocycles. The zero-order valence-corrected chi connectivity index (χ0v) is 12.3. The monoisotopic (exact) mass is 290 g/mol. The van der Waals surface area contributed by atoms with Gasteiger partial charge in [0.25, 0.3) is 0 Å². The summed E-state index contributed by atoms with van der Waals surface area (Å²) in [5, 5.41) is 3.18. The van der Waals surface area contributed by atoms with Crippen molar-refractivity contribution in [3.63, 3.8) is 0 Å². The van der Waals surface area contributed by atoms with Gasteiger partial charge in [-0.25, -0.2) is 9.37 Å². The van der Waals surface area contributed by atoms with Crippen molar-refractivity contribution in [2.45, 2.75) is 32.9 Å². The van der Waals surface area contributed by atoms with Crippen LogP contribution in [0.25, 0.3) is 0 Å². The van der Waals surface area contributed by atoms with E-state index in [4.69, 9.17) is 10.5 Å². The van der Waals surface area contributed by atoms with Crippen LogP contribution in [0.2, 0.25) is 0 Å². The summed E-state index contributed by atoms with van der Waals surface area (Å²) in [7, 11) is 0. The van der Waals surface area contributed by atoms with E-state index in [0.717, 1.165) is 5.56 Å². The predicted molar refractivity (Wildman–Crippen MR) is 80.6 cm³/mol. The fourth-order valence-electron chi connectivity index (χ4n) is 1.85. The molecular formula is C15H19FN4O. The van der Waals surface area contributed by atoms with Gasteiger partial charge in [0.2, 0.25) is 5.88 Å². The molecule has 0 saturated heterocycles. The van der Waals surface area contributed by atoms with Gasteiger partial charge >= 0.3 is 0 Å². The molecule has 1 aromatic heterocycles. The van der Waals surface area contributed by atoms with Gasteiger partial charge in [0.15, 0.2) is 5.82 Å². The highest BCUT2D eigenvalue weighted by molar-refractivity contribution is 5.66. The number of nitrogens with one attached hydrogen (secondary N) is 1. The van der Waals surface area contributed by atoms with Gasteiger partial charge in [-0.1, -0.05) is 12.1 Å². The molecule has 3 N–H and O–H groups in total. The molecule has 2 aromatic rings. The second-order valence-electron chi connectivity index (χ2n) is 5.03. The summed E-state index contributed by atoms with van der Waals surface area (Å²) in [6.07, 6.45) is 1.37. The minimum Gasteiger partial charge on any atom is -0.473 e. The molecule has 0 aliphatic heterocycles. The van der Waals surface area contributed by atoms with Crippen LogP contribution in [0, 0.1) is 5.82 Å². The highest BCUT2D eigenvalue weighted by Gasteiger charge is 2.13. The summed E-state index contributed by atoms with van der Waals surface area (Å²) in [6, 6.07) is 6.20. The van der Waals surface area contributed by atoms with Crippen LogP contribution in [0.5, 0.6) is 5.88 Å². The van der Waals surface area contributed by atoms with Crippen molar-refractivity contribution < 1.29 is 9.13 Å². The standard InChI is InChI=1S/C15H19FN4O/c1-9(2)21-15-13(17)14(18-8-19-15)20-10(3)11-4-6-12(16)7-5-11/h4-10H,17H2,1-3H3,(H,18,19,20). The first-order chi connectivity index (χ1) is 9.97. The topological polar surface area (TPSA) is 73.1 Å². The number of hydrogen-bond acceptors (Lipinski definition) is 5. The third kappa shape index (κ3) is 3.81. The van der Waals surface area contributed by atoms with E-state index in [0.29, 0.717) is 17.4 Å². The molecule has 1 heterocycles. The van der Waals surface area contributed by atoms with Gasteiger partial charge in [0, 0.05) is 0 Å². The largest absolute Gasteiger partial charge is 0.473 e. The molecule has 6 heteroatoms. The summed E-state index contributed by atoms with van der Waals surface area (Å²) in [4.78, 5) is 8.15. The molecule has 1 aromatic carbocycles. The molecule has 2 rings (SSSR count). The van der Waals surface area contributed by atoms with Crippen LogP contribution >= 0.6 is 0 Å². The first-order valence-electron chi connectivity index (χ1n) is 6.76. The fourth-order valence-corrected chi connectivity index (χ4v) is 1.85. The number of benzene rings is 1. The normalized spacial score (nSPS) is 12.2. The molecular weight excluding hydrogens is 271 g/mol. The number of anilines is 2.